The van der Waals surface area contributed by atoms with Crippen molar-refractivity contribution in [2.24, 2.45) is 5.92 Å². The Hall–Kier alpha value is -2.80. The number of benzene rings is 1. The number of aliphatic hydroxyl groups excluding tert-OH is 1. The quantitative estimate of drug-likeness (QED) is 0.309. The maximum absolute atomic E-state index is 12.2. The van der Waals surface area contributed by atoms with Gasteiger partial charge in [-0.1, -0.05) is 11.8 Å². The third-order valence-corrected chi connectivity index (χ3v) is 3.67. The predicted molar refractivity (Wildman–Crippen MR) is 91.3 cm³/mol. The minimum absolute atomic E-state index is 0.209. The Balaban J connectivity index is 1.96. The van der Waals surface area contributed by atoms with Gasteiger partial charge in [0.1, 0.15) is 0 Å². The van der Waals surface area contributed by atoms with Gasteiger partial charge >= 0.3 is 0 Å². The van der Waals surface area contributed by atoms with Crippen molar-refractivity contribution < 1.29 is 19.9 Å². The molecule has 6 nitrogen and oxygen atoms in total. The summed E-state index contributed by atoms with van der Waals surface area (Å²) in [6, 6.07) is 5.86. The average molecular weight is 340 g/mol. The molecular weight excluding hydrogens is 320 g/mol. The van der Waals surface area contributed by atoms with E-state index in [2.05, 4.69) is 29.0 Å². The summed E-state index contributed by atoms with van der Waals surface area (Å²) in [5.74, 6) is 11.7. The Labute approximate surface area is 146 Å². The van der Waals surface area contributed by atoms with Crippen LogP contribution in [0.15, 0.2) is 24.3 Å². The van der Waals surface area contributed by atoms with Gasteiger partial charge in [-0.2, -0.15) is 0 Å². The first kappa shape index (κ1) is 18.5. The highest BCUT2D eigenvalue weighted by Crippen LogP contribution is 2.27. The zero-order valence-corrected chi connectivity index (χ0v) is 13.9. The van der Waals surface area contributed by atoms with Crippen LogP contribution in [0.4, 0.5) is 0 Å². The molecule has 0 aliphatic heterocycles. The maximum atomic E-state index is 12.2. The van der Waals surface area contributed by atoms with Gasteiger partial charge in [0, 0.05) is 17.0 Å². The Morgan fingerprint density at radius 2 is 2.04 bits per heavy atom. The number of carbonyl (C=O) groups excluding carboxylic acids is 2. The van der Waals surface area contributed by atoms with Crippen molar-refractivity contribution in [1.29, 1.82) is 0 Å². The molecular formula is C19H20N2O4. The molecule has 130 valence electrons. The van der Waals surface area contributed by atoms with Gasteiger partial charge in [-0.3, -0.25) is 14.8 Å². The van der Waals surface area contributed by atoms with Crippen LogP contribution in [0.3, 0.4) is 0 Å². The van der Waals surface area contributed by atoms with E-state index in [-0.39, 0.29) is 13.0 Å². The van der Waals surface area contributed by atoms with Crippen LogP contribution in [0.25, 0.3) is 0 Å². The number of aliphatic hydroxyl groups is 1. The van der Waals surface area contributed by atoms with Crippen molar-refractivity contribution in [2.75, 3.05) is 6.54 Å². The van der Waals surface area contributed by atoms with Crippen molar-refractivity contribution >= 4 is 12.3 Å². The van der Waals surface area contributed by atoms with Gasteiger partial charge in [0.25, 0.3) is 5.91 Å². The minimum atomic E-state index is -0.936. The zero-order valence-electron chi connectivity index (χ0n) is 13.9. The van der Waals surface area contributed by atoms with Crippen molar-refractivity contribution in [3.8, 4) is 23.7 Å². The van der Waals surface area contributed by atoms with E-state index in [0.29, 0.717) is 16.5 Å². The van der Waals surface area contributed by atoms with Crippen LogP contribution in [0.5, 0.6) is 0 Å². The number of hydroxylamine groups is 2. The fourth-order valence-electron chi connectivity index (χ4n) is 1.99. The standard InChI is InChI=1S/C19H20N2O4/c1-14(23)18(12-21(25)13-22)20-19(24)17-10-8-16(9-11-17)5-3-2-4-15-6-7-15/h8-11,13-15,18,23,25H,6-7,12H2,1H3,(H,20,24)/t14-,18-/m1/s1. The highest BCUT2D eigenvalue weighted by molar-refractivity contribution is 5.94. The number of hydrogen-bond acceptors (Lipinski definition) is 4. The zero-order chi connectivity index (χ0) is 18.2. The van der Waals surface area contributed by atoms with Crippen molar-refractivity contribution in [1.82, 2.24) is 10.4 Å². The van der Waals surface area contributed by atoms with E-state index >= 15 is 0 Å². The molecule has 1 aliphatic carbocycles. The van der Waals surface area contributed by atoms with Gasteiger partial charge in [0.2, 0.25) is 6.41 Å². The molecule has 0 spiro atoms. The summed E-state index contributed by atoms with van der Waals surface area (Å²) in [6.45, 7) is 1.25. The van der Waals surface area contributed by atoms with Crippen LogP contribution in [0.1, 0.15) is 35.7 Å². The molecule has 1 saturated carbocycles. The fourth-order valence-corrected chi connectivity index (χ4v) is 1.99. The highest BCUT2D eigenvalue weighted by Gasteiger charge is 2.20. The summed E-state index contributed by atoms with van der Waals surface area (Å²) in [4.78, 5) is 22.7. The Morgan fingerprint density at radius 1 is 1.36 bits per heavy atom. The van der Waals surface area contributed by atoms with Crippen LogP contribution in [-0.4, -0.2) is 46.4 Å². The molecule has 1 fully saturated rings. The Bertz CT molecular complexity index is 731. The molecule has 6 heteroatoms. The summed E-state index contributed by atoms with van der Waals surface area (Å²) >= 11 is 0. The fraction of sp³-hybridized carbons (Fsp3) is 0.368. The number of nitrogens with one attached hydrogen (secondary N) is 1. The van der Waals surface area contributed by atoms with E-state index < -0.39 is 18.1 Å². The summed E-state index contributed by atoms with van der Waals surface area (Å²) in [6.07, 6.45) is 1.59. The van der Waals surface area contributed by atoms with E-state index in [9.17, 15) is 19.9 Å². The monoisotopic (exact) mass is 340 g/mol. The van der Waals surface area contributed by atoms with Gasteiger partial charge in [-0.05, 0) is 55.9 Å². The second-order valence-electron chi connectivity index (χ2n) is 5.92. The largest absolute Gasteiger partial charge is 0.391 e. The third-order valence-electron chi connectivity index (χ3n) is 3.67. The molecule has 2 amide bonds. The second-order valence-corrected chi connectivity index (χ2v) is 5.92. The van der Waals surface area contributed by atoms with Crippen LogP contribution in [0, 0.1) is 29.6 Å². The highest BCUT2D eigenvalue weighted by atomic mass is 16.5. The van der Waals surface area contributed by atoms with Gasteiger partial charge in [-0.25, -0.2) is 5.06 Å². The van der Waals surface area contributed by atoms with E-state index in [1.165, 1.54) is 6.92 Å². The molecule has 0 saturated heterocycles. The SMILES string of the molecule is C[C@@H](O)[C@@H](CN(O)C=O)NC(=O)c1ccc(C#CC#CC2CC2)cc1. The molecule has 1 aromatic carbocycles. The number of carbonyl (C=O) groups is 2. The van der Waals surface area contributed by atoms with Crippen molar-refractivity contribution in [2.45, 2.75) is 31.9 Å². The summed E-state index contributed by atoms with van der Waals surface area (Å²) in [5.41, 5.74) is 1.13. The van der Waals surface area contributed by atoms with Crippen molar-refractivity contribution in [3.05, 3.63) is 35.4 Å². The molecule has 0 bridgehead atoms. The second kappa shape index (κ2) is 8.89. The van der Waals surface area contributed by atoms with E-state index in [4.69, 9.17) is 0 Å². The van der Waals surface area contributed by atoms with Gasteiger partial charge < -0.3 is 10.4 Å². The summed E-state index contributed by atoms with van der Waals surface area (Å²) in [7, 11) is 0. The molecule has 1 aromatic rings. The van der Waals surface area contributed by atoms with Crippen LogP contribution in [0.2, 0.25) is 0 Å². The molecule has 1 aliphatic rings. The average Bonchev–Trinajstić information content (AvgIpc) is 3.42. The van der Waals surface area contributed by atoms with Gasteiger partial charge in [0.15, 0.2) is 0 Å². The molecule has 2 atom stereocenters. The van der Waals surface area contributed by atoms with Crippen LogP contribution in [-0.2, 0) is 4.79 Å². The molecule has 0 unspecified atom stereocenters. The van der Waals surface area contributed by atoms with Gasteiger partial charge in [-0.15, -0.1) is 0 Å². The number of nitrogens with zero attached hydrogens (tertiary/aromatic N) is 1. The minimum Gasteiger partial charge on any atom is -0.391 e. The maximum Gasteiger partial charge on any atom is 0.251 e. The number of amides is 2. The molecule has 0 aromatic heterocycles. The van der Waals surface area contributed by atoms with E-state index in [0.717, 1.165) is 18.4 Å². The van der Waals surface area contributed by atoms with Crippen molar-refractivity contribution in [3.63, 3.8) is 0 Å². The normalized spacial score (nSPS) is 14.8. The molecule has 2 rings (SSSR count). The molecule has 3 N–H and O–H groups in total. The van der Waals surface area contributed by atoms with Crippen LogP contribution < -0.4 is 5.32 Å². The number of rotatable bonds is 6. The summed E-state index contributed by atoms with van der Waals surface area (Å²) < 4.78 is 0. The lowest BCUT2D eigenvalue weighted by Gasteiger charge is -2.23. The summed E-state index contributed by atoms with van der Waals surface area (Å²) in [5, 5.41) is 21.8. The Kier molecular flexibility index (Phi) is 6.59. The van der Waals surface area contributed by atoms with E-state index in [1.54, 1.807) is 24.3 Å². The van der Waals surface area contributed by atoms with Crippen LogP contribution >= 0.6 is 0 Å². The first-order chi connectivity index (χ1) is 12.0. The topological polar surface area (TPSA) is 89.9 Å². The lowest BCUT2D eigenvalue weighted by atomic mass is 10.1. The van der Waals surface area contributed by atoms with E-state index in [1.807, 2.05) is 0 Å². The lowest BCUT2D eigenvalue weighted by molar-refractivity contribution is -0.152. The predicted octanol–water partition coefficient (Wildman–Crippen LogP) is 0.778. The molecule has 0 radical (unpaired) electrons. The smallest absolute Gasteiger partial charge is 0.251 e. The Morgan fingerprint density at radius 3 is 2.60 bits per heavy atom. The molecule has 25 heavy (non-hydrogen) atoms. The first-order valence-electron chi connectivity index (χ1n) is 8.01. The molecule has 0 heterocycles. The lowest BCUT2D eigenvalue weighted by Crippen LogP contribution is -2.48. The number of hydrogen-bond donors (Lipinski definition) is 3. The first-order valence-corrected chi connectivity index (χ1v) is 8.01. The van der Waals surface area contributed by atoms with Gasteiger partial charge in [0.05, 0.1) is 18.7 Å². The third kappa shape index (κ3) is 6.31.